The van der Waals surface area contributed by atoms with Gasteiger partial charge in [-0.3, -0.25) is 0 Å². The molecule has 82 valence electrons. The first-order chi connectivity index (χ1) is 6.88. The molecular formula is C11H20FNO. The Labute approximate surface area is 85.2 Å². The molecule has 2 aliphatic rings. The van der Waals surface area contributed by atoms with E-state index in [1.165, 1.54) is 0 Å². The molecule has 2 fully saturated rings. The van der Waals surface area contributed by atoms with Crippen molar-refractivity contribution in [2.45, 2.75) is 31.9 Å². The molecule has 0 aromatic carbocycles. The Morgan fingerprint density at radius 2 is 1.93 bits per heavy atom. The SMILES string of the molecule is FC(C1CCNCC1)C1CCCOC1. The van der Waals surface area contributed by atoms with Crippen LogP contribution in [0, 0.1) is 11.8 Å². The van der Waals surface area contributed by atoms with Crippen molar-refractivity contribution in [3.05, 3.63) is 0 Å². The molecule has 2 nitrogen and oxygen atoms in total. The van der Waals surface area contributed by atoms with Gasteiger partial charge in [0.15, 0.2) is 0 Å². The van der Waals surface area contributed by atoms with Gasteiger partial charge in [0, 0.05) is 12.5 Å². The highest BCUT2D eigenvalue weighted by Crippen LogP contribution is 2.29. The van der Waals surface area contributed by atoms with Crippen molar-refractivity contribution in [2.75, 3.05) is 26.3 Å². The van der Waals surface area contributed by atoms with Gasteiger partial charge in [0.2, 0.25) is 0 Å². The topological polar surface area (TPSA) is 21.3 Å². The van der Waals surface area contributed by atoms with Crippen LogP contribution in [0.4, 0.5) is 4.39 Å². The van der Waals surface area contributed by atoms with Crippen LogP contribution >= 0.6 is 0 Å². The smallest absolute Gasteiger partial charge is 0.108 e. The summed E-state index contributed by atoms with van der Waals surface area (Å²) >= 11 is 0. The molecule has 0 bridgehead atoms. The van der Waals surface area contributed by atoms with E-state index in [9.17, 15) is 4.39 Å². The molecule has 0 amide bonds. The van der Waals surface area contributed by atoms with Crippen LogP contribution < -0.4 is 5.32 Å². The van der Waals surface area contributed by atoms with Crippen molar-refractivity contribution < 1.29 is 9.13 Å². The molecule has 2 aliphatic heterocycles. The van der Waals surface area contributed by atoms with Gasteiger partial charge >= 0.3 is 0 Å². The molecule has 1 N–H and O–H groups in total. The van der Waals surface area contributed by atoms with E-state index in [2.05, 4.69) is 5.32 Å². The Hall–Kier alpha value is -0.150. The number of nitrogens with one attached hydrogen (secondary N) is 1. The van der Waals surface area contributed by atoms with Crippen molar-refractivity contribution in [1.82, 2.24) is 5.32 Å². The summed E-state index contributed by atoms with van der Waals surface area (Å²) in [6, 6.07) is 0. The number of hydrogen-bond acceptors (Lipinski definition) is 2. The predicted octanol–water partition coefficient (Wildman–Crippen LogP) is 1.75. The van der Waals surface area contributed by atoms with Crippen LogP contribution in [-0.4, -0.2) is 32.5 Å². The van der Waals surface area contributed by atoms with Crippen molar-refractivity contribution in [3.8, 4) is 0 Å². The van der Waals surface area contributed by atoms with E-state index in [0.29, 0.717) is 6.61 Å². The molecule has 2 atom stereocenters. The molecule has 0 saturated carbocycles. The normalized spacial score (nSPS) is 32.8. The maximum absolute atomic E-state index is 14.1. The number of rotatable bonds is 2. The molecule has 0 radical (unpaired) electrons. The molecule has 0 aliphatic carbocycles. The van der Waals surface area contributed by atoms with Gasteiger partial charge in [-0.2, -0.15) is 0 Å². The average molecular weight is 201 g/mol. The highest BCUT2D eigenvalue weighted by atomic mass is 19.1. The van der Waals surface area contributed by atoms with Gasteiger partial charge in [0.05, 0.1) is 6.61 Å². The third-order valence-corrected chi connectivity index (χ3v) is 3.48. The number of piperidine rings is 1. The van der Waals surface area contributed by atoms with Gasteiger partial charge in [-0.1, -0.05) is 0 Å². The predicted molar refractivity (Wildman–Crippen MR) is 54.0 cm³/mol. The summed E-state index contributed by atoms with van der Waals surface area (Å²) in [5, 5.41) is 3.27. The summed E-state index contributed by atoms with van der Waals surface area (Å²) < 4.78 is 19.4. The van der Waals surface area contributed by atoms with E-state index in [4.69, 9.17) is 4.74 Å². The van der Waals surface area contributed by atoms with Gasteiger partial charge in [-0.25, -0.2) is 4.39 Å². The second-order valence-electron chi connectivity index (χ2n) is 4.51. The summed E-state index contributed by atoms with van der Waals surface area (Å²) in [6.07, 6.45) is 3.42. The number of hydrogen-bond donors (Lipinski definition) is 1. The molecule has 2 unspecified atom stereocenters. The van der Waals surface area contributed by atoms with Crippen LogP contribution in [0.5, 0.6) is 0 Å². The third-order valence-electron chi connectivity index (χ3n) is 3.48. The van der Waals surface area contributed by atoms with Crippen LogP contribution in [0.1, 0.15) is 25.7 Å². The summed E-state index contributed by atoms with van der Waals surface area (Å²) in [5.41, 5.74) is 0. The lowest BCUT2D eigenvalue weighted by molar-refractivity contribution is -0.00149. The van der Waals surface area contributed by atoms with E-state index in [1.54, 1.807) is 0 Å². The van der Waals surface area contributed by atoms with Crippen molar-refractivity contribution >= 4 is 0 Å². The zero-order chi connectivity index (χ0) is 9.80. The van der Waals surface area contributed by atoms with Gasteiger partial charge in [-0.05, 0) is 44.7 Å². The minimum absolute atomic E-state index is 0.173. The van der Waals surface area contributed by atoms with Gasteiger partial charge in [0.25, 0.3) is 0 Å². The second-order valence-corrected chi connectivity index (χ2v) is 4.51. The number of ether oxygens (including phenoxy) is 1. The lowest BCUT2D eigenvalue weighted by Crippen LogP contribution is -2.38. The average Bonchev–Trinajstić information content (AvgIpc) is 2.30. The quantitative estimate of drug-likeness (QED) is 0.735. The first kappa shape index (κ1) is 10.4. The molecule has 0 aromatic heterocycles. The van der Waals surface area contributed by atoms with Gasteiger partial charge in [0.1, 0.15) is 6.17 Å². The summed E-state index contributed by atoms with van der Waals surface area (Å²) in [4.78, 5) is 0. The second kappa shape index (κ2) is 5.08. The van der Waals surface area contributed by atoms with E-state index in [0.717, 1.165) is 45.4 Å². The maximum atomic E-state index is 14.1. The minimum Gasteiger partial charge on any atom is -0.381 e. The van der Waals surface area contributed by atoms with Crippen LogP contribution in [0.15, 0.2) is 0 Å². The molecule has 0 aromatic rings. The zero-order valence-electron chi connectivity index (χ0n) is 8.68. The minimum atomic E-state index is -0.627. The summed E-state index contributed by atoms with van der Waals surface area (Å²) in [6.45, 7) is 3.44. The number of alkyl halides is 1. The number of halogens is 1. The van der Waals surface area contributed by atoms with Gasteiger partial charge < -0.3 is 10.1 Å². The van der Waals surface area contributed by atoms with Crippen molar-refractivity contribution in [3.63, 3.8) is 0 Å². The van der Waals surface area contributed by atoms with Crippen LogP contribution in [0.25, 0.3) is 0 Å². The third kappa shape index (κ3) is 2.45. The summed E-state index contributed by atoms with van der Waals surface area (Å²) in [5.74, 6) is 0.454. The highest BCUT2D eigenvalue weighted by Gasteiger charge is 2.31. The first-order valence-electron chi connectivity index (χ1n) is 5.80. The van der Waals surface area contributed by atoms with E-state index in [1.807, 2.05) is 0 Å². The zero-order valence-corrected chi connectivity index (χ0v) is 8.68. The van der Waals surface area contributed by atoms with Crippen molar-refractivity contribution in [1.29, 1.82) is 0 Å². The van der Waals surface area contributed by atoms with Crippen LogP contribution in [0.2, 0.25) is 0 Å². The van der Waals surface area contributed by atoms with E-state index < -0.39 is 6.17 Å². The standard InChI is InChI=1S/C11H20FNO/c12-11(9-3-5-13-6-4-9)10-2-1-7-14-8-10/h9-11,13H,1-8H2. The largest absolute Gasteiger partial charge is 0.381 e. The lowest BCUT2D eigenvalue weighted by Gasteiger charge is -2.32. The molecule has 2 rings (SSSR count). The highest BCUT2D eigenvalue weighted by molar-refractivity contribution is 4.81. The molecule has 0 spiro atoms. The molecule has 2 heterocycles. The Morgan fingerprint density at radius 1 is 1.14 bits per heavy atom. The fourth-order valence-corrected chi connectivity index (χ4v) is 2.56. The first-order valence-corrected chi connectivity index (χ1v) is 5.80. The Bertz CT molecular complexity index is 147. The summed E-state index contributed by atoms with van der Waals surface area (Å²) in [7, 11) is 0. The maximum Gasteiger partial charge on any atom is 0.108 e. The molecular weight excluding hydrogens is 181 g/mol. The van der Waals surface area contributed by atoms with Crippen LogP contribution in [0.3, 0.4) is 0 Å². The van der Waals surface area contributed by atoms with Gasteiger partial charge in [-0.15, -0.1) is 0 Å². The molecule has 2 saturated heterocycles. The lowest BCUT2D eigenvalue weighted by atomic mass is 9.83. The molecule has 14 heavy (non-hydrogen) atoms. The van der Waals surface area contributed by atoms with Crippen LogP contribution in [-0.2, 0) is 4.74 Å². The van der Waals surface area contributed by atoms with E-state index in [-0.39, 0.29) is 11.8 Å². The Balaban J connectivity index is 1.82. The van der Waals surface area contributed by atoms with Crippen molar-refractivity contribution in [2.24, 2.45) is 11.8 Å². The fourth-order valence-electron chi connectivity index (χ4n) is 2.56. The fraction of sp³-hybridized carbons (Fsp3) is 1.00. The van der Waals surface area contributed by atoms with E-state index >= 15 is 0 Å². The monoisotopic (exact) mass is 201 g/mol. The Morgan fingerprint density at radius 3 is 2.57 bits per heavy atom. The molecule has 3 heteroatoms. The Kier molecular flexibility index (Phi) is 3.76.